The number of hydrogen-bond donors (Lipinski definition) is 1. The summed E-state index contributed by atoms with van der Waals surface area (Å²) in [6.07, 6.45) is 6.31. The highest BCUT2D eigenvalue weighted by atomic mass is 35.5. The lowest BCUT2D eigenvalue weighted by atomic mass is 9.95. The molecule has 2 aliphatic rings. The molecule has 0 spiro atoms. The summed E-state index contributed by atoms with van der Waals surface area (Å²) in [6.45, 7) is 0. The molecular formula is C16H19Cl2NO. The fraction of sp³-hybridized carbons (Fsp3) is 0.562. The van der Waals surface area contributed by atoms with E-state index >= 15 is 0 Å². The van der Waals surface area contributed by atoms with Crippen LogP contribution in [0.3, 0.4) is 0 Å². The number of carbonyl (C=O) groups excluding carboxylic acids is 1. The molecule has 20 heavy (non-hydrogen) atoms. The van der Waals surface area contributed by atoms with Gasteiger partial charge in [0.2, 0.25) is 5.91 Å². The number of rotatable bonds is 4. The van der Waals surface area contributed by atoms with Gasteiger partial charge in [0.1, 0.15) is 0 Å². The van der Waals surface area contributed by atoms with Crippen LogP contribution in [0.2, 0.25) is 10.0 Å². The zero-order chi connectivity index (χ0) is 14.1. The van der Waals surface area contributed by atoms with Crippen molar-refractivity contribution in [3.05, 3.63) is 33.8 Å². The van der Waals surface area contributed by atoms with E-state index in [9.17, 15) is 4.79 Å². The lowest BCUT2D eigenvalue weighted by molar-refractivity contribution is -0.122. The van der Waals surface area contributed by atoms with E-state index in [-0.39, 0.29) is 5.91 Å². The molecule has 1 amide bonds. The molecule has 2 fully saturated rings. The van der Waals surface area contributed by atoms with Gasteiger partial charge in [-0.15, -0.1) is 0 Å². The summed E-state index contributed by atoms with van der Waals surface area (Å²) in [5.74, 6) is 1.73. The predicted octanol–water partition coefficient (Wildman–Crippen LogP) is 4.23. The molecule has 0 saturated heterocycles. The minimum atomic E-state index is 0.147. The van der Waals surface area contributed by atoms with Crippen molar-refractivity contribution in [2.45, 2.75) is 44.6 Å². The minimum Gasteiger partial charge on any atom is -0.353 e. The van der Waals surface area contributed by atoms with E-state index < -0.39 is 0 Å². The molecule has 1 aromatic rings. The van der Waals surface area contributed by atoms with Gasteiger partial charge in [-0.3, -0.25) is 4.79 Å². The third kappa shape index (κ3) is 3.12. The van der Waals surface area contributed by atoms with E-state index in [1.165, 1.54) is 25.7 Å². The second-order valence-electron chi connectivity index (χ2n) is 6.08. The SMILES string of the molecule is O=C(CCc1ccc(Cl)cc1Cl)N[C@@H]1C[C@H]2CC[C@@H]1C2. The van der Waals surface area contributed by atoms with Gasteiger partial charge in [-0.05, 0) is 55.2 Å². The molecule has 1 aromatic carbocycles. The zero-order valence-electron chi connectivity index (χ0n) is 11.4. The van der Waals surface area contributed by atoms with E-state index in [0.717, 1.165) is 17.4 Å². The molecule has 2 nitrogen and oxygen atoms in total. The molecule has 2 saturated carbocycles. The summed E-state index contributed by atoms with van der Waals surface area (Å²) in [5, 5.41) is 4.48. The second kappa shape index (κ2) is 5.95. The van der Waals surface area contributed by atoms with Crippen molar-refractivity contribution in [2.75, 3.05) is 0 Å². The van der Waals surface area contributed by atoms with E-state index in [4.69, 9.17) is 23.2 Å². The van der Waals surface area contributed by atoms with E-state index in [1.54, 1.807) is 6.07 Å². The van der Waals surface area contributed by atoms with E-state index in [1.807, 2.05) is 12.1 Å². The number of carbonyl (C=O) groups is 1. The normalized spacial score (nSPS) is 27.8. The van der Waals surface area contributed by atoms with Crippen LogP contribution < -0.4 is 5.32 Å². The van der Waals surface area contributed by atoms with E-state index in [0.29, 0.717) is 28.9 Å². The van der Waals surface area contributed by atoms with Crippen LogP contribution in [0.1, 0.15) is 37.7 Å². The molecule has 0 heterocycles. The molecule has 0 unspecified atom stereocenters. The highest BCUT2D eigenvalue weighted by molar-refractivity contribution is 6.35. The first-order valence-corrected chi connectivity index (χ1v) is 8.10. The van der Waals surface area contributed by atoms with Crippen LogP contribution in [0, 0.1) is 11.8 Å². The first-order chi connectivity index (χ1) is 9.61. The maximum Gasteiger partial charge on any atom is 0.220 e. The number of fused-ring (bicyclic) bond motifs is 2. The summed E-state index contributed by atoms with van der Waals surface area (Å²) < 4.78 is 0. The number of amides is 1. The van der Waals surface area contributed by atoms with Crippen molar-refractivity contribution in [1.82, 2.24) is 5.32 Å². The standard InChI is InChI=1S/C16H19Cl2NO/c17-13-5-3-11(14(18)9-13)4-6-16(20)19-15-8-10-1-2-12(15)7-10/h3,5,9-10,12,15H,1-2,4,6-8H2,(H,19,20)/t10-,12+,15+/m0/s1. The summed E-state index contributed by atoms with van der Waals surface area (Å²) in [7, 11) is 0. The Hall–Kier alpha value is -0.730. The van der Waals surface area contributed by atoms with Crippen molar-refractivity contribution in [3.8, 4) is 0 Å². The lowest BCUT2D eigenvalue weighted by Crippen LogP contribution is -2.38. The highest BCUT2D eigenvalue weighted by Crippen LogP contribution is 2.44. The Labute approximate surface area is 129 Å². The molecule has 2 aliphatic carbocycles. The summed E-state index contributed by atoms with van der Waals surface area (Å²) in [5.41, 5.74) is 0.985. The van der Waals surface area contributed by atoms with Crippen LogP contribution >= 0.6 is 23.2 Å². The van der Waals surface area contributed by atoms with Crippen LogP contribution in [-0.4, -0.2) is 11.9 Å². The van der Waals surface area contributed by atoms with Crippen molar-refractivity contribution in [1.29, 1.82) is 0 Å². The zero-order valence-corrected chi connectivity index (χ0v) is 12.9. The second-order valence-corrected chi connectivity index (χ2v) is 6.93. The molecule has 0 radical (unpaired) electrons. The summed E-state index contributed by atoms with van der Waals surface area (Å²) >= 11 is 12.0. The topological polar surface area (TPSA) is 29.1 Å². The van der Waals surface area contributed by atoms with Gasteiger partial charge in [0.15, 0.2) is 0 Å². The van der Waals surface area contributed by atoms with Crippen LogP contribution in [-0.2, 0) is 11.2 Å². The molecular weight excluding hydrogens is 293 g/mol. The number of halogens is 2. The van der Waals surface area contributed by atoms with Crippen molar-refractivity contribution in [3.63, 3.8) is 0 Å². The molecule has 1 N–H and O–H groups in total. The Morgan fingerprint density at radius 2 is 2.10 bits per heavy atom. The molecule has 2 bridgehead atoms. The first kappa shape index (κ1) is 14.2. The quantitative estimate of drug-likeness (QED) is 0.885. The van der Waals surface area contributed by atoms with Gasteiger partial charge in [-0.2, -0.15) is 0 Å². The Morgan fingerprint density at radius 3 is 2.75 bits per heavy atom. The Bertz CT molecular complexity index is 517. The number of hydrogen-bond acceptors (Lipinski definition) is 1. The maximum atomic E-state index is 12.0. The predicted molar refractivity (Wildman–Crippen MR) is 82.2 cm³/mol. The number of benzene rings is 1. The van der Waals surface area contributed by atoms with Crippen molar-refractivity contribution >= 4 is 29.1 Å². The van der Waals surface area contributed by atoms with Gasteiger partial charge in [-0.1, -0.05) is 35.7 Å². The highest BCUT2D eigenvalue weighted by Gasteiger charge is 2.39. The van der Waals surface area contributed by atoms with Gasteiger partial charge in [0.05, 0.1) is 0 Å². The van der Waals surface area contributed by atoms with Crippen LogP contribution in [0.15, 0.2) is 18.2 Å². The average molecular weight is 312 g/mol. The molecule has 108 valence electrons. The molecule has 0 aromatic heterocycles. The van der Waals surface area contributed by atoms with Gasteiger partial charge >= 0.3 is 0 Å². The van der Waals surface area contributed by atoms with Crippen LogP contribution in [0.5, 0.6) is 0 Å². The minimum absolute atomic E-state index is 0.147. The smallest absolute Gasteiger partial charge is 0.220 e. The summed E-state index contributed by atoms with van der Waals surface area (Å²) in [6, 6.07) is 5.86. The van der Waals surface area contributed by atoms with Gasteiger partial charge in [0.25, 0.3) is 0 Å². The third-order valence-corrected chi connectivity index (χ3v) is 5.31. The van der Waals surface area contributed by atoms with Gasteiger partial charge in [0, 0.05) is 22.5 Å². The molecule has 3 rings (SSSR count). The van der Waals surface area contributed by atoms with Gasteiger partial charge < -0.3 is 5.32 Å². The first-order valence-electron chi connectivity index (χ1n) is 7.35. The Morgan fingerprint density at radius 1 is 1.25 bits per heavy atom. The Balaban J connectivity index is 1.49. The fourth-order valence-electron chi connectivity index (χ4n) is 3.67. The number of aryl methyl sites for hydroxylation is 1. The average Bonchev–Trinajstić information content (AvgIpc) is 3.00. The van der Waals surface area contributed by atoms with Crippen LogP contribution in [0.25, 0.3) is 0 Å². The third-order valence-electron chi connectivity index (χ3n) is 4.72. The largest absolute Gasteiger partial charge is 0.353 e. The van der Waals surface area contributed by atoms with Gasteiger partial charge in [-0.25, -0.2) is 0 Å². The lowest BCUT2D eigenvalue weighted by Gasteiger charge is -2.22. The monoisotopic (exact) mass is 311 g/mol. The molecule has 0 aliphatic heterocycles. The fourth-order valence-corrected chi connectivity index (χ4v) is 4.18. The van der Waals surface area contributed by atoms with E-state index in [2.05, 4.69) is 5.32 Å². The summed E-state index contributed by atoms with van der Waals surface area (Å²) in [4.78, 5) is 12.0. The van der Waals surface area contributed by atoms with Crippen molar-refractivity contribution in [2.24, 2.45) is 11.8 Å². The van der Waals surface area contributed by atoms with Crippen LogP contribution in [0.4, 0.5) is 0 Å². The molecule has 4 heteroatoms. The Kier molecular flexibility index (Phi) is 4.23. The maximum absolute atomic E-state index is 12.0. The number of nitrogens with one attached hydrogen (secondary N) is 1. The molecule has 3 atom stereocenters. The van der Waals surface area contributed by atoms with Crippen molar-refractivity contribution < 1.29 is 4.79 Å².